The molecular formula is C16H23N5S. The van der Waals surface area contributed by atoms with Gasteiger partial charge >= 0.3 is 0 Å². The highest BCUT2D eigenvalue weighted by Gasteiger charge is 2.15. The number of anilines is 1. The van der Waals surface area contributed by atoms with E-state index in [4.69, 9.17) is 4.99 Å². The van der Waals surface area contributed by atoms with Crippen molar-refractivity contribution in [3.05, 3.63) is 24.3 Å². The van der Waals surface area contributed by atoms with Crippen LogP contribution in [0.5, 0.6) is 0 Å². The lowest BCUT2D eigenvalue weighted by atomic mass is 10.3. The molecule has 6 heteroatoms. The van der Waals surface area contributed by atoms with Crippen LogP contribution in [0.1, 0.15) is 19.8 Å². The fourth-order valence-corrected chi connectivity index (χ4v) is 3.52. The van der Waals surface area contributed by atoms with Crippen molar-refractivity contribution in [1.82, 2.24) is 15.2 Å². The number of guanidine groups is 1. The van der Waals surface area contributed by atoms with Crippen molar-refractivity contribution in [2.75, 3.05) is 38.0 Å². The minimum atomic E-state index is 0.759. The van der Waals surface area contributed by atoms with Gasteiger partial charge in [-0.1, -0.05) is 23.5 Å². The average molecular weight is 317 g/mol. The molecule has 0 unspecified atom stereocenters. The molecule has 0 bridgehead atoms. The second-order valence-electron chi connectivity index (χ2n) is 5.34. The summed E-state index contributed by atoms with van der Waals surface area (Å²) >= 11 is 1.69. The van der Waals surface area contributed by atoms with E-state index in [1.807, 2.05) is 18.2 Å². The highest BCUT2D eigenvalue weighted by Crippen LogP contribution is 2.24. The minimum Gasteiger partial charge on any atom is -0.360 e. The van der Waals surface area contributed by atoms with Crippen LogP contribution in [0.3, 0.4) is 0 Å². The van der Waals surface area contributed by atoms with Crippen LogP contribution in [0.15, 0.2) is 29.3 Å². The first-order chi connectivity index (χ1) is 10.9. The Hall–Kier alpha value is -1.82. The first kappa shape index (κ1) is 15.1. The van der Waals surface area contributed by atoms with Gasteiger partial charge < -0.3 is 15.5 Å². The molecule has 2 aromatic rings. The van der Waals surface area contributed by atoms with Gasteiger partial charge in [-0.15, -0.1) is 0 Å². The van der Waals surface area contributed by atoms with Gasteiger partial charge in [-0.2, -0.15) is 0 Å². The molecule has 1 fully saturated rings. The number of thiazole rings is 1. The van der Waals surface area contributed by atoms with Crippen LogP contribution in [0.4, 0.5) is 5.13 Å². The largest absolute Gasteiger partial charge is 0.360 e. The molecule has 2 N–H and O–H groups in total. The fourth-order valence-electron chi connectivity index (χ4n) is 2.63. The average Bonchev–Trinajstić information content (AvgIpc) is 3.19. The van der Waals surface area contributed by atoms with E-state index >= 15 is 0 Å². The molecule has 22 heavy (non-hydrogen) atoms. The van der Waals surface area contributed by atoms with Crippen molar-refractivity contribution >= 4 is 32.6 Å². The lowest BCUT2D eigenvalue weighted by Crippen LogP contribution is -2.39. The standard InChI is InChI=1S/C16H23N5S/c1-2-17-15(21-11-5-6-12-21)18-9-10-19-16-20-13-7-3-4-8-14(13)22-16/h3-4,7-8H,2,5-6,9-12H2,1H3,(H,17,18)(H,19,20). The summed E-state index contributed by atoms with van der Waals surface area (Å²) in [7, 11) is 0. The Morgan fingerprint density at radius 1 is 1.32 bits per heavy atom. The summed E-state index contributed by atoms with van der Waals surface area (Å²) in [4.78, 5) is 11.6. The van der Waals surface area contributed by atoms with Crippen molar-refractivity contribution in [3.8, 4) is 0 Å². The van der Waals surface area contributed by atoms with E-state index in [1.54, 1.807) is 11.3 Å². The van der Waals surface area contributed by atoms with E-state index in [1.165, 1.54) is 17.5 Å². The highest BCUT2D eigenvalue weighted by molar-refractivity contribution is 7.22. The number of aliphatic imine (C=N–C) groups is 1. The summed E-state index contributed by atoms with van der Waals surface area (Å²) in [6.45, 7) is 6.84. The summed E-state index contributed by atoms with van der Waals surface area (Å²) in [5.41, 5.74) is 1.06. The molecule has 0 saturated carbocycles. The van der Waals surface area contributed by atoms with Crippen molar-refractivity contribution in [1.29, 1.82) is 0 Å². The number of nitrogens with zero attached hydrogens (tertiary/aromatic N) is 3. The van der Waals surface area contributed by atoms with Crippen LogP contribution < -0.4 is 10.6 Å². The maximum atomic E-state index is 4.71. The third kappa shape index (κ3) is 3.68. The molecule has 2 heterocycles. The maximum Gasteiger partial charge on any atom is 0.193 e. The molecule has 1 aliphatic rings. The van der Waals surface area contributed by atoms with Crippen LogP contribution in [-0.4, -0.2) is 48.6 Å². The van der Waals surface area contributed by atoms with Crippen molar-refractivity contribution < 1.29 is 0 Å². The summed E-state index contributed by atoms with van der Waals surface area (Å²) in [5, 5.41) is 7.73. The summed E-state index contributed by atoms with van der Waals surface area (Å²) in [5.74, 6) is 1.05. The van der Waals surface area contributed by atoms with Gasteiger partial charge in [0.25, 0.3) is 0 Å². The number of benzene rings is 1. The molecule has 0 radical (unpaired) electrons. The maximum absolute atomic E-state index is 4.71. The third-order valence-electron chi connectivity index (χ3n) is 3.68. The van der Waals surface area contributed by atoms with Crippen LogP contribution in [0.25, 0.3) is 10.2 Å². The summed E-state index contributed by atoms with van der Waals surface area (Å²) < 4.78 is 1.22. The highest BCUT2D eigenvalue weighted by atomic mass is 32.1. The number of fused-ring (bicyclic) bond motifs is 1. The molecule has 5 nitrogen and oxygen atoms in total. The summed E-state index contributed by atoms with van der Waals surface area (Å²) in [6.07, 6.45) is 2.54. The number of rotatable bonds is 5. The van der Waals surface area contributed by atoms with E-state index in [2.05, 4.69) is 33.5 Å². The molecule has 0 aliphatic carbocycles. The Morgan fingerprint density at radius 2 is 2.14 bits per heavy atom. The Bertz CT molecular complexity index is 597. The molecule has 3 rings (SSSR count). The van der Waals surface area contributed by atoms with Gasteiger partial charge in [0.05, 0.1) is 16.8 Å². The van der Waals surface area contributed by atoms with Gasteiger partial charge in [0.15, 0.2) is 11.1 Å². The van der Waals surface area contributed by atoms with Crippen molar-refractivity contribution in [2.45, 2.75) is 19.8 Å². The topological polar surface area (TPSA) is 52.6 Å². The molecule has 1 aromatic heterocycles. The Balaban J connectivity index is 1.53. The Kier molecular flexibility index (Phi) is 5.11. The van der Waals surface area contributed by atoms with Gasteiger partial charge in [-0.25, -0.2) is 4.98 Å². The Labute approximate surface area is 135 Å². The number of para-hydroxylation sites is 1. The first-order valence-electron chi connectivity index (χ1n) is 7.99. The van der Waals surface area contributed by atoms with Gasteiger partial charge in [0.2, 0.25) is 0 Å². The molecule has 1 saturated heterocycles. The van der Waals surface area contributed by atoms with Crippen molar-refractivity contribution in [2.24, 2.45) is 4.99 Å². The van der Waals surface area contributed by atoms with E-state index in [0.717, 1.165) is 49.3 Å². The van der Waals surface area contributed by atoms with Gasteiger partial charge in [0.1, 0.15) is 0 Å². The zero-order chi connectivity index (χ0) is 15.2. The van der Waals surface area contributed by atoms with Gasteiger partial charge in [0, 0.05) is 26.2 Å². The minimum absolute atomic E-state index is 0.759. The van der Waals surface area contributed by atoms with Crippen LogP contribution in [0.2, 0.25) is 0 Å². The number of likely N-dealkylation sites (tertiary alicyclic amines) is 1. The lowest BCUT2D eigenvalue weighted by Gasteiger charge is -2.20. The van der Waals surface area contributed by atoms with E-state index in [-0.39, 0.29) is 0 Å². The summed E-state index contributed by atoms with van der Waals surface area (Å²) in [6, 6.07) is 8.22. The second-order valence-corrected chi connectivity index (χ2v) is 6.37. The number of nitrogens with one attached hydrogen (secondary N) is 2. The van der Waals surface area contributed by atoms with Crippen LogP contribution in [0, 0.1) is 0 Å². The van der Waals surface area contributed by atoms with Gasteiger partial charge in [-0.05, 0) is 31.9 Å². The SMILES string of the molecule is CCNC(=NCCNc1nc2ccccc2s1)N1CCCC1. The first-order valence-corrected chi connectivity index (χ1v) is 8.81. The van der Waals surface area contributed by atoms with E-state index in [0.29, 0.717) is 0 Å². The molecule has 118 valence electrons. The lowest BCUT2D eigenvalue weighted by molar-refractivity contribution is 0.494. The predicted octanol–water partition coefficient (Wildman–Crippen LogP) is 2.77. The normalized spacial score (nSPS) is 15.5. The van der Waals surface area contributed by atoms with E-state index in [9.17, 15) is 0 Å². The van der Waals surface area contributed by atoms with Crippen LogP contribution >= 0.6 is 11.3 Å². The second kappa shape index (κ2) is 7.45. The smallest absolute Gasteiger partial charge is 0.193 e. The Morgan fingerprint density at radius 3 is 2.91 bits per heavy atom. The molecule has 0 spiro atoms. The van der Waals surface area contributed by atoms with E-state index < -0.39 is 0 Å². The molecule has 0 amide bonds. The molecule has 1 aromatic carbocycles. The zero-order valence-electron chi connectivity index (χ0n) is 13.0. The quantitative estimate of drug-likeness (QED) is 0.506. The van der Waals surface area contributed by atoms with Crippen LogP contribution in [-0.2, 0) is 0 Å². The molecular weight excluding hydrogens is 294 g/mol. The van der Waals surface area contributed by atoms with Crippen molar-refractivity contribution in [3.63, 3.8) is 0 Å². The number of aromatic nitrogens is 1. The monoisotopic (exact) mass is 317 g/mol. The fraction of sp³-hybridized carbons (Fsp3) is 0.500. The molecule has 0 atom stereocenters. The predicted molar refractivity (Wildman–Crippen MR) is 94.9 cm³/mol. The zero-order valence-corrected chi connectivity index (χ0v) is 13.8. The number of hydrogen-bond donors (Lipinski definition) is 2. The third-order valence-corrected chi connectivity index (χ3v) is 4.68. The number of hydrogen-bond acceptors (Lipinski definition) is 4. The van der Waals surface area contributed by atoms with Gasteiger partial charge in [-0.3, -0.25) is 4.99 Å². The molecule has 1 aliphatic heterocycles.